The van der Waals surface area contributed by atoms with Gasteiger partial charge in [0.25, 0.3) is 0 Å². The molecule has 1 atom stereocenters. The highest BCUT2D eigenvalue weighted by Gasteiger charge is 2.25. The van der Waals surface area contributed by atoms with Crippen LogP contribution in [0.25, 0.3) is 0 Å². The van der Waals surface area contributed by atoms with Gasteiger partial charge in [0, 0.05) is 0 Å². The largest absolute Gasteiger partial charge is 0.319 e. The molecule has 0 amide bonds. The molecule has 0 heterocycles. The summed E-state index contributed by atoms with van der Waals surface area (Å²) in [6.45, 7) is 7.94. The highest BCUT2D eigenvalue weighted by Crippen LogP contribution is 2.30. The van der Waals surface area contributed by atoms with Crippen LogP contribution in [0.1, 0.15) is 27.2 Å². The molecule has 0 rings (SSSR count). The first-order valence-electron chi connectivity index (χ1n) is 4.34. The summed E-state index contributed by atoms with van der Waals surface area (Å²) in [4.78, 5) is 0. The van der Waals surface area contributed by atoms with Crippen LogP contribution >= 0.6 is 12.6 Å². The summed E-state index contributed by atoms with van der Waals surface area (Å²) in [5.41, 5.74) is 0.421. The minimum atomic E-state index is 0.421. The zero-order chi connectivity index (χ0) is 8.91. The van der Waals surface area contributed by atoms with E-state index in [1.54, 1.807) is 0 Å². The SMILES string of the molecule is CCC(C)(C)C(CS)CNC. The molecule has 11 heavy (non-hydrogen) atoms. The Morgan fingerprint density at radius 2 is 2.00 bits per heavy atom. The summed E-state index contributed by atoms with van der Waals surface area (Å²) in [5.74, 6) is 1.66. The van der Waals surface area contributed by atoms with Gasteiger partial charge >= 0.3 is 0 Å². The van der Waals surface area contributed by atoms with E-state index in [1.165, 1.54) is 6.42 Å². The Morgan fingerprint density at radius 1 is 1.45 bits per heavy atom. The molecule has 0 bridgehead atoms. The Kier molecular flexibility index (Phi) is 5.19. The molecule has 1 unspecified atom stereocenters. The van der Waals surface area contributed by atoms with Crippen molar-refractivity contribution in [3.63, 3.8) is 0 Å². The quantitative estimate of drug-likeness (QED) is 0.610. The fraction of sp³-hybridized carbons (Fsp3) is 1.00. The van der Waals surface area contributed by atoms with Crippen LogP contribution in [0.5, 0.6) is 0 Å². The van der Waals surface area contributed by atoms with E-state index in [9.17, 15) is 0 Å². The first kappa shape index (κ1) is 11.3. The molecule has 0 spiro atoms. The average Bonchev–Trinajstić information content (AvgIpc) is 2.00. The lowest BCUT2D eigenvalue weighted by atomic mass is 9.78. The van der Waals surface area contributed by atoms with Gasteiger partial charge in [0.1, 0.15) is 0 Å². The fourth-order valence-electron chi connectivity index (χ4n) is 1.12. The molecular weight excluding hydrogens is 154 g/mol. The Balaban J connectivity index is 3.99. The first-order valence-corrected chi connectivity index (χ1v) is 4.97. The Hall–Kier alpha value is 0.310. The lowest BCUT2D eigenvalue weighted by molar-refractivity contribution is 0.223. The molecule has 0 saturated carbocycles. The predicted octanol–water partition coefficient (Wildman–Crippen LogP) is 2.19. The van der Waals surface area contributed by atoms with E-state index < -0.39 is 0 Å². The van der Waals surface area contributed by atoms with E-state index in [0.717, 1.165) is 12.3 Å². The molecule has 0 aromatic heterocycles. The molecule has 0 saturated heterocycles. The van der Waals surface area contributed by atoms with E-state index in [1.807, 2.05) is 7.05 Å². The number of hydrogen-bond donors (Lipinski definition) is 2. The van der Waals surface area contributed by atoms with E-state index in [2.05, 4.69) is 38.7 Å². The Bertz CT molecular complexity index is 102. The molecule has 68 valence electrons. The molecule has 1 nitrogen and oxygen atoms in total. The summed E-state index contributed by atoms with van der Waals surface area (Å²) in [5, 5.41) is 3.21. The molecule has 0 aromatic carbocycles. The van der Waals surface area contributed by atoms with Gasteiger partial charge in [-0.2, -0.15) is 12.6 Å². The average molecular weight is 175 g/mol. The zero-order valence-electron chi connectivity index (χ0n) is 8.15. The van der Waals surface area contributed by atoms with E-state index >= 15 is 0 Å². The molecule has 1 N–H and O–H groups in total. The second-order valence-electron chi connectivity index (χ2n) is 3.78. The topological polar surface area (TPSA) is 12.0 Å². The van der Waals surface area contributed by atoms with Gasteiger partial charge in [-0.3, -0.25) is 0 Å². The molecule has 0 aliphatic heterocycles. The molecule has 0 aliphatic carbocycles. The van der Waals surface area contributed by atoms with Crippen molar-refractivity contribution in [2.75, 3.05) is 19.3 Å². The number of nitrogens with one attached hydrogen (secondary N) is 1. The number of hydrogen-bond acceptors (Lipinski definition) is 2. The highest BCUT2D eigenvalue weighted by molar-refractivity contribution is 7.80. The van der Waals surface area contributed by atoms with Gasteiger partial charge in [0.05, 0.1) is 0 Å². The van der Waals surface area contributed by atoms with Gasteiger partial charge < -0.3 is 5.32 Å². The van der Waals surface area contributed by atoms with Crippen LogP contribution in [-0.2, 0) is 0 Å². The van der Waals surface area contributed by atoms with E-state index in [4.69, 9.17) is 0 Å². The number of rotatable bonds is 5. The third-order valence-corrected chi connectivity index (χ3v) is 3.13. The van der Waals surface area contributed by atoms with Crippen LogP contribution < -0.4 is 5.32 Å². The lowest BCUT2D eigenvalue weighted by Gasteiger charge is -2.32. The molecular formula is C9H21NS. The standard InChI is InChI=1S/C9H21NS/c1-5-9(2,3)8(7-11)6-10-4/h8,10-11H,5-7H2,1-4H3. The van der Waals surface area contributed by atoms with Crippen molar-refractivity contribution in [2.45, 2.75) is 27.2 Å². The molecule has 0 aliphatic rings. The molecule has 0 radical (unpaired) electrons. The van der Waals surface area contributed by atoms with Crippen molar-refractivity contribution >= 4 is 12.6 Å². The van der Waals surface area contributed by atoms with Crippen LogP contribution in [-0.4, -0.2) is 19.3 Å². The van der Waals surface area contributed by atoms with Crippen LogP contribution in [0.4, 0.5) is 0 Å². The summed E-state index contributed by atoms with van der Waals surface area (Å²) < 4.78 is 0. The zero-order valence-corrected chi connectivity index (χ0v) is 9.04. The summed E-state index contributed by atoms with van der Waals surface area (Å²) in [6, 6.07) is 0. The second-order valence-corrected chi connectivity index (χ2v) is 4.14. The van der Waals surface area contributed by atoms with Gasteiger partial charge in [-0.1, -0.05) is 27.2 Å². The van der Waals surface area contributed by atoms with Crippen LogP contribution in [0, 0.1) is 11.3 Å². The van der Waals surface area contributed by atoms with Crippen molar-refractivity contribution in [3.05, 3.63) is 0 Å². The van der Waals surface area contributed by atoms with Crippen molar-refractivity contribution < 1.29 is 0 Å². The number of thiol groups is 1. The maximum atomic E-state index is 4.36. The monoisotopic (exact) mass is 175 g/mol. The maximum absolute atomic E-state index is 4.36. The minimum Gasteiger partial charge on any atom is -0.319 e. The van der Waals surface area contributed by atoms with Crippen LogP contribution in [0.3, 0.4) is 0 Å². The second kappa shape index (κ2) is 5.04. The van der Waals surface area contributed by atoms with Gasteiger partial charge in [0.15, 0.2) is 0 Å². The maximum Gasteiger partial charge on any atom is -0.00106 e. The molecule has 0 fully saturated rings. The van der Waals surface area contributed by atoms with Crippen molar-refractivity contribution in [1.82, 2.24) is 5.32 Å². The highest BCUT2D eigenvalue weighted by atomic mass is 32.1. The smallest absolute Gasteiger partial charge is 0.00106 e. The fourth-order valence-corrected chi connectivity index (χ4v) is 1.75. The van der Waals surface area contributed by atoms with Crippen LogP contribution in [0.2, 0.25) is 0 Å². The third-order valence-electron chi connectivity index (χ3n) is 2.69. The minimum absolute atomic E-state index is 0.421. The normalized spacial score (nSPS) is 15.0. The van der Waals surface area contributed by atoms with Crippen molar-refractivity contribution in [3.8, 4) is 0 Å². The van der Waals surface area contributed by atoms with Gasteiger partial charge in [-0.05, 0) is 30.7 Å². The van der Waals surface area contributed by atoms with Crippen LogP contribution in [0.15, 0.2) is 0 Å². The predicted molar refractivity (Wildman–Crippen MR) is 55.3 cm³/mol. The summed E-state index contributed by atoms with van der Waals surface area (Å²) in [7, 11) is 2.00. The lowest BCUT2D eigenvalue weighted by Crippen LogP contribution is -2.33. The Labute approximate surface area is 76.4 Å². The molecule has 0 aromatic rings. The Morgan fingerprint density at radius 3 is 2.27 bits per heavy atom. The molecule has 2 heteroatoms. The van der Waals surface area contributed by atoms with Gasteiger partial charge in [-0.25, -0.2) is 0 Å². The third kappa shape index (κ3) is 3.48. The summed E-state index contributed by atoms with van der Waals surface area (Å²) >= 11 is 4.36. The summed E-state index contributed by atoms with van der Waals surface area (Å²) in [6.07, 6.45) is 1.22. The van der Waals surface area contributed by atoms with Crippen molar-refractivity contribution in [2.24, 2.45) is 11.3 Å². The van der Waals surface area contributed by atoms with E-state index in [0.29, 0.717) is 11.3 Å². The first-order chi connectivity index (χ1) is 5.08. The van der Waals surface area contributed by atoms with E-state index in [-0.39, 0.29) is 0 Å². The van der Waals surface area contributed by atoms with Gasteiger partial charge in [0.2, 0.25) is 0 Å². The van der Waals surface area contributed by atoms with Crippen molar-refractivity contribution in [1.29, 1.82) is 0 Å². The van der Waals surface area contributed by atoms with Gasteiger partial charge in [-0.15, -0.1) is 0 Å².